The summed E-state index contributed by atoms with van der Waals surface area (Å²) < 4.78 is 9.75. The highest BCUT2D eigenvalue weighted by atomic mass is 16.6. The fraction of sp³-hybridized carbons (Fsp3) is 0.429. The van der Waals surface area contributed by atoms with Crippen LogP contribution < -0.4 is 0 Å². The van der Waals surface area contributed by atoms with Gasteiger partial charge in [-0.3, -0.25) is 0 Å². The number of esters is 1. The van der Waals surface area contributed by atoms with Crippen molar-refractivity contribution in [1.29, 1.82) is 0 Å². The molecule has 6 heteroatoms. The largest absolute Gasteiger partial charge is 0.479 e. The molecule has 0 saturated heterocycles. The SMILES string of the molecule is O=C(O)COC(=O)C(O)CCCOCc1ccccc1. The smallest absolute Gasteiger partial charge is 0.341 e. The van der Waals surface area contributed by atoms with Gasteiger partial charge in [0.1, 0.15) is 0 Å². The predicted molar refractivity (Wildman–Crippen MR) is 69.9 cm³/mol. The third kappa shape index (κ3) is 6.86. The number of aliphatic hydroxyl groups excluding tert-OH is 1. The zero-order chi connectivity index (χ0) is 14.8. The van der Waals surface area contributed by atoms with E-state index in [1.807, 2.05) is 30.3 Å². The van der Waals surface area contributed by atoms with Crippen molar-refractivity contribution < 1.29 is 29.3 Å². The van der Waals surface area contributed by atoms with Gasteiger partial charge in [0.15, 0.2) is 12.7 Å². The van der Waals surface area contributed by atoms with Gasteiger partial charge in [0.2, 0.25) is 0 Å². The molecule has 6 nitrogen and oxygen atoms in total. The van der Waals surface area contributed by atoms with Gasteiger partial charge in [-0.15, -0.1) is 0 Å². The second-order valence-corrected chi connectivity index (χ2v) is 4.20. The van der Waals surface area contributed by atoms with Crippen LogP contribution in [0, 0.1) is 0 Å². The molecule has 0 spiro atoms. The van der Waals surface area contributed by atoms with Crippen LogP contribution >= 0.6 is 0 Å². The first kappa shape index (κ1) is 16.1. The standard InChI is InChI=1S/C14H18O6/c15-12(14(18)20-10-13(16)17)7-4-8-19-9-11-5-2-1-3-6-11/h1-3,5-6,12,15H,4,7-10H2,(H,16,17). The van der Waals surface area contributed by atoms with E-state index in [4.69, 9.17) is 9.84 Å². The molecule has 0 aliphatic rings. The lowest BCUT2D eigenvalue weighted by molar-refractivity contribution is -0.161. The van der Waals surface area contributed by atoms with Crippen molar-refractivity contribution in [3.05, 3.63) is 35.9 Å². The molecule has 0 saturated carbocycles. The van der Waals surface area contributed by atoms with Gasteiger partial charge in [-0.2, -0.15) is 0 Å². The topological polar surface area (TPSA) is 93.1 Å². The number of carboxylic acids is 1. The van der Waals surface area contributed by atoms with E-state index in [1.54, 1.807) is 0 Å². The Bertz CT molecular complexity index is 417. The number of carbonyl (C=O) groups is 2. The number of rotatable bonds is 9. The summed E-state index contributed by atoms with van der Waals surface area (Å²) in [7, 11) is 0. The van der Waals surface area contributed by atoms with Crippen molar-refractivity contribution in [1.82, 2.24) is 0 Å². The summed E-state index contributed by atoms with van der Waals surface area (Å²) >= 11 is 0. The van der Waals surface area contributed by atoms with Gasteiger partial charge in [-0.1, -0.05) is 30.3 Å². The molecule has 0 aromatic heterocycles. The Morgan fingerprint density at radius 3 is 2.55 bits per heavy atom. The summed E-state index contributed by atoms with van der Waals surface area (Å²) in [4.78, 5) is 21.3. The quantitative estimate of drug-likeness (QED) is 0.518. The zero-order valence-electron chi connectivity index (χ0n) is 11.0. The minimum Gasteiger partial charge on any atom is -0.479 e. The molecule has 1 rings (SSSR count). The van der Waals surface area contributed by atoms with Gasteiger partial charge >= 0.3 is 11.9 Å². The van der Waals surface area contributed by atoms with Gasteiger partial charge < -0.3 is 19.7 Å². The van der Waals surface area contributed by atoms with E-state index < -0.39 is 24.6 Å². The number of benzene rings is 1. The van der Waals surface area contributed by atoms with E-state index >= 15 is 0 Å². The van der Waals surface area contributed by atoms with Crippen LogP contribution in [0.3, 0.4) is 0 Å². The maximum absolute atomic E-state index is 11.2. The fourth-order valence-corrected chi connectivity index (χ4v) is 1.49. The molecule has 0 bridgehead atoms. The minimum absolute atomic E-state index is 0.174. The van der Waals surface area contributed by atoms with Crippen molar-refractivity contribution in [3.8, 4) is 0 Å². The van der Waals surface area contributed by atoms with Gasteiger partial charge in [0.25, 0.3) is 0 Å². The molecule has 0 fully saturated rings. The molecule has 1 atom stereocenters. The normalized spacial score (nSPS) is 11.8. The summed E-state index contributed by atoms with van der Waals surface area (Å²) in [6.07, 6.45) is -0.654. The molecule has 1 aromatic carbocycles. The Kier molecular flexibility index (Phi) is 7.31. The maximum atomic E-state index is 11.2. The monoisotopic (exact) mass is 282 g/mol. The molecule has 0 aliphatic carbocycles. The van der Waals surface area contributed by atoms with E-state index in [0.717, 1.165) is 5.56 Å². The lowest BCUT2D eigenvalue weighted by atomic mass is 10.2. The van der Waals surface area contributed by atoms with Crippen LogP contribution in [0.1, 0.15) is 18.4 Å². The van der Waals surface area contributed by atoms with E-state index in [2.05, 4.69) is 4.74 Å². The summed E-state index contributed by atoms with van der Waals surface area (Å²) in [5.41, 5.74) is 1.05. The minimum atomic E-state index is -1.31. The van der Waals surface area contributed by atoms with Crippen LogP contribution in [0.4, 0.5) is 0 Å². The Morgan fingerprint density at radius 1 is 1.20 bits per heavy atom. The van der Waals surface area contributed by atoms with E-state index in [1.165, 1.54) is 0 Å². The average Bonchev–Trinajstić information content (AvgIpc) is 2.45. The maximum Gasteiger partial charge on any atom is 0.341 e. The molecule has 110 valence electrons. The number of aliphatic hydroxyl groups is 1. The first-order valence-corrected chi connectivity index (χ1v) is 6.27. The molecule has 1 unspecified atom stereocenters. The number of hydrogen-bond donors (Lipinski definition) is 2. The van der Waals surface area contributed by atoms with Crippen molar-refractivity contribution in [2.45, 2.75) is 25.6 Å². The highest BCUT2D eigenvalue weighted by Crippen LogP contribution is 2.04. The van der Waals surface area contributed by atoms with Crippen LogP contribution in [-0.4, -0.2) is 41.5 Å². The first-order valence-electron chi connectivity index (χ1n) is 6.27. The molecule has 0 amide bonds. The van der Waals surface area contributed by atoms with Crippen molar-refractivity contribution in [3.63, 3.8) is 0 Å². The summed E-state index contributed by atoms with van der Waals surface area (Å²) in [5, 5.41) is 17.7. The summed E-state index contributed by atoms with van der Waals surface area (Å²) in [5.74, 6) is -2.17. The molecule has 0 heterocycles. The third-order valence-corrected chi connectivity index (χ3v) is 2.49. The van der Waals surface area contributed by atoms with Crippen LogP contribution in [0.15, 0.2) is 30.3 Å². The predicted octanol–water partition coefficient (Wildman–Crippen LogP) is 0.972. The van der Waals surface area contributed by atoms with Gasteiger partial charge in [0, 0.05) is 6.61 Å². The Hall–Kier alpha value is -1.92. The number of carboxylic acid groups (broad SMARTS) is 1. The van der Waals surface area contributed by atoms with E-state index in [0.29, 0.717) is 19.6 Å². The Morgan fingerprint density at radius 2 is 1.90 bits per heavy atom. The highest BCUT2D eigenvalue weighted by Gasteiger charge is 2.17. The molecule has 0 aliphatic heterocycles. The van der Waals surface area contributed by atoms with Crippen LogP contribution in [0.2, 0.25) is 0 Å². The summed E-state index contributed by atoms with van der Waals surface area (Å²) in [6.45, 7) is 0.138. The van der Waals surface area contributed by atoms with Crippen molar-refractivity contribution in [2.24, 2.45) is 0 Å². The average molecular weight is 282 g/mol. The number of carbonyl (C=O) groups excluding carboxylic acids is 1. The van der Waals surface area contributed by atoms with Crippen LogP contribution in [-0.2, 0) is 25.7 Å². The van der Waals surface area contributed by atoms with Crippen LogP contribution in [0.5, 0.6) is 0 Å². The third-order valence-electron chi connectivity index (χ3n) is 2.49. The fourth-order valence-electron chi connectivity index (χ4n) is 1.49. The molecule has 20 heavy (non-hydrogen) atoms. The van der Waals surface area contributed by atoms with Crippen LogP contribution in [0.25, 0.3) is 0 Å². The zero-order valence-corrected chi connectivity index (χ0v) is 11.0. The van der Waals surface area contributed by atoms with Crippen molar-refractivity contribution >= 4 is 11.9 Å². The van der Waals surface area contributed by atoms with Gasteiger partial charge in [-0.05, 0) is 18.4 Å². The van der Waals surface area contributed by atoms with Gasteiger partial charge in [-0.25, -0.2) is 9.59 Å². The number of ether oxygens (including phenoxy) is 2. The Labute approximate surface area is 116 Å². The molecular weight excluding hydrogens is 264 g/mol. The number of aliphatic carboxylic acids is 1. The molecule has 0 radical (unpaired) electrons. The number of hydrogen-bond acceptors (Lipinski definition) is 5. The van der Waals surface area contributed by atoms with E-state index in [9.17, 15) is 14.7 Å². The lowest BCUT2D eigenvalue weighted by Gasteiger charge is -2.09. The Balaban J connectivity index is 2.08. The van der Waals surface area contributed by atoms with Gasteiger partial charge in [0.05, 0.1) is 6.61 Å². The van der Waals surface area contributed by atoms with Crippen molar-refractivity contribution in [2.75, 3.05) is 13.2 Å². The summed E-state index contributed by atoms with van der Waals surface area (Å²) in [6, 6.07) is 9.64. The molecule has 1 aromatic rings. The lowest BCUT2D eigenvalue weighted by Crippen LogP contribution is -2.25. The molecule has 2 N–H and O–H groups in total. The second kappa shape index (κ2) is 9.06. The first-order chi connectivity index (χ1) is 9.59. The second-order valence-electron chi connectivity index (χ2n) is 4.20. The van der Waals surface area contributed by atoms with E-state index in [-0.39, 0.29) is 6.42 Å². The molecular formula is C14H18O6. The highest BCUT2D eigenvalue weighted by molar-refractivity contribution is 5.78.